The first-order chi connectivity index (χ1) is 9.40. The maximum atomic E-state index is 11.2. The minimum absolute atomic E-state index is 0.0628. The molecular formula is C14H10O6. The van der Waals surface area contributed by atoms with Gasteiger partial charge in [-0.15, -0.1) is 0 Å². The largest absolute Gasteiger partial charge is 0.478 e. The zero-order valence-corrected chi connectivity index (χ0v) is 10.7. The molecule has 6 nitrogen and oxygen atoms in total. The lowest BCUT2D eigenvalue weighted by Crippen LogP contribution is -1.97. The molecule has 3 rings (SSSR count). The number of benzene rings is 1. The van der Waals surface area contributed by atoms with E-state index in [0.29, 0.717) is 21.9 Å². The van der Waals surface area contributed by atoms with Crippen LogP contribution < -0.4 is 0 Å². The Labute approximate surface area is 112 Å². The molecule has 0 aliphatic rings. The Morgan fingerprint density at radius 1 is 0.850 bits per heavy atom. The maximum absolute atomic E-state index is 11.2. The van der Waals surface area contributed by atoms with Crippen LogP contribution in [-0.2, 0) is 0 Å². The number of hydrogen-bond donors (Lipinski definition) is 2. The average molecular weight is 274 g/mol. The molecule has 0 spiro atoms. The van der Waals surface area contributed by atoms with Crippen molar-refractivity contribution < 1.29 is 28.6 Å². The molecule has 0 amide bonds. The fraction of sp³-hybridized carbons (Fsp3) is 0.143. The molecule has 0 unspecified atom stereocenters. The summed E-state index contributed by atoms with van der Waals surface area (Å²) in [6.07, 6.45) is 0. The van der Waals surface area contributed by atoms with Crippen LogP contribution in [0.5, 0.6) is 0 Å². The van der Waals surface area contributed by atoms with Crippen molar-refractivity contribution in [3.05, 3.63) is 34.8 Å². The van der Waals surface area contributed by atoms with Crippen molar-refractivity contribution in [1.82, 2.24) is 0 Å². The average Bonchev–Trinajstić information content (AvgIpc) is 2.79. The molecule has 0 saturated carbocycles. The molecule has 102 valence electrons. The molecule has 2 aromatic heterocycles. The van der Waals surface area contributed by atoms with Crippen LogP contribution >= 0.6 is 0 Å². The number of carboxylic acid groups (broad SMARTS) is 2. The lowest BCUT2D eigenvalue weighted by molar-refractivity contribution is 0.0685. The Morgan fingerprint density at radius 3 is 1.50 bits per heavy atom. The lowest BCUT2D eigenvalue weighted by Gasteiger charge is -1.93. The van der Waals surface area contributed by atoms with Gasteiger partial charge >= 0.3 is 11.9 Å². The summed E-state index contributed by atoms with van der Waals surface area (Å²) in [7, 11) is 0. The van der Waals surface area contributed by atoms with Gasteiger partial charge in [0.25, 0.3) is 0 Å². The van der Waals surface area contributed by atoms with Crippen LogP contribution in [0.3, 0.4) is 0 Å². The molecule has 0 aliphatic heterocycles. The zero-order chi connectivity index (χ0) is 14.6. The molecule has 6 heteroatoms. The Morgan fingerprint density at radius 2 is 1.20 bits per heavy atom. The fourth-order valence-corrected chi connectivity index (χ4v) is 2.46. The van der Waals surface area contributed by atoms with Crippen LogP contribution in [0.15, 0.2) is 21.0 Å². The molecule has 1 aromatic carbocycles. The van der Waals surface area contributed by atoms with Crippen LogP contribution in [0.2, 0.25) is 0 Å². The van der Waals surface area contributed by atoms with Gasteiger partial charge in [0.15, 0.2) is 0 Å². The predicted octanol–water partition coefficient (Wildman–Crippen LogP) is 3.19. The normalized spacial score (nSPS) is 11.3. The monoisotopic (exact) mass is 274 g/mol. The van der Waals surface area contributed by atoms with E-state index in [1.54, 1.807) is 13.8 Å². The van der Waals surface area contributed by atoms with Gasteiger partial charge < -0.3 is 19.0 Å². The number of carboxylic acids is 2. The van der Waals surface area contributed by atoms with Crippen LogP contribution in [0.1, 0.15) is 32.2 Å². The minimum atomic E-state index is -1.10. The molecule has 0 aliphatic carbocycles. The highest BCUT2D eigenvalue weighted by molar-refractivity contribution is 6.11. The van der Waals surface area contributed by atoms with E-state index in [0.717, 1.165) is 0 Å². The number of aromatic carboxylic acids is 2. The number of furan rings is 2. The third kappa shape index (κ3) is 1.51. The molecule has 2 N–H and O–H groups in total. The second kappa shape index (κ2) is 3.86. The third-order valence-electron chi connectivity index (χ3n) is 3.28. The van der Waals surface area contributed by atoms with Crippen LogP contribution in [0, 0.1) is 13.8 Å². The Kier molecular flexibility index (Phi) is 2.37. The van der Waals surface area contributed by atoms with Gasteiger partial charge in [0, 0.05) is 10.8 Å². The van der Waals surface area contributed by atoms with Crippen molar-refractivity contribution in [3.63, 3.8) is 0 Å². The summed E-state index contributed by atoms with van der Waals surface area (Å²) >= 11 is 0. The van der Waals surface area contributed by atoms with Crippen LogP contribution in [-0.4, -0.2) is 22.2 Å². The minimum Gasteiger partial charge on any atom is -0.478 e. The van der Waals surface area contributed by atoms with Gasteiger partial charge in [-0.1, -0.05) is 0 Å². The predicted molar refractivity (Wildman–Crippen MR) is 69.4 cm³/mol. The maximum Gasteiger partial charge on any atom is 0.339 e. The second-order valence-electron chi connectivity index (χ2n) is 4.52. The second-order valence-corrected chi connectivity index (χ2v) is 4.52. The fourth-order valence-electron chi connectivity index (χ4n) is 2.46. The van der Waals surface area contributed by atoms with Crippen molar-refractivity contribution in [2.24, 2.45) is 0 Å². The topological polar surface area (TPSA) is 101 Å². The SMILES string of the molecule is Cc1oc2cc3c(C(=O)O)c(C)oc3cc2c1C(=O)O. The standard InChI is InChI=1S/C14H10O6/c1-5-11(13(15)16)7-3-10-8(4-9(7)19-5)12(14(17)18)6(2)20-10/h3-4H,1-2H3,(H,15,16)(H,17,18). The van der Waals surface area contributed by atoms with Gasteiger partial charge in [0.05, 0.1) is 0 Å². The summed E-state index contributed by atoms with van der Waals surface area (Å²) in [5.74, 6) is -1.65. The van der Waals surface area contributed by atoms with E-state index >= 15 is 0 Å². The molecule has 0 radical (unpaired) electrons. The van der Waals surface area contributed by atoms with Gasteiger partial charge in [-0.2, -0.15) is 0 Å². The first-order valence-corrected chi connectivity index (χ1v) is 5.83. The summed E-state index contributed by atoms with van der Waals surface area (Å²) in [4.78, 5) is 22.5. The highest BCUT2D eigenvalue weighted by atomic mass is 16.4. The number of hydrogen-bond acceptors (Lipinski definition) is 4. The first kappa shape index (κ1) is 12.3. The van der Waals surface area contributed by atoms with Crippen LogP contribution in [0.4, 0.5) is 0 Å². The zero-order valence-electron chi connectivity index (χ0n) is 10.7. The van der Waals surface area contributed by atoms with E-state index in [2.05, 4.69) is 0 Å². The molecule has 0 bridgehead atoms. The molecule has 3 aromatic rings. The smallest absolute Gasteiger partial charge is 0.339 e. The molecule has 0 atom stereocenters. The Hall–Kier alpha value is -2.76. The van der Waals surface area contributed by atoms with E-state index in [-0.39, 0.29) is 22.6 Å². The van der Waals surface area contributed by atoms with E-state index in [9.17, 15) is 19.8 Å². The number of carbonyl (C=O) groups is 2. The third-order valence-corrected chi connectivity index (χ3v) is 3.28. The summed E-state index contributed by atoms with van der Waals surface area (Å²) in [6.45, 7) is 3.10. The van der Waals surface area contributed by atoms with Crippen molar-refractivity contribution in [3.8, 4) is 0 Å². The van der Waals surface area contributed by atoms with Crippen molar-refractivity contribution in [2.45, 2.75) is 13.8 Å². The van der Waals surface area contributed by atoms with Crippen LogP contribution in [0.25, 0.3) is 21.9 Å². The van der Waals surface area contributed by atoms with E-state index in [4.69, 9.17) is 8.83 Å². The summed E-state index contributed by atoms with van der Waals surface area (Å²) in [5, 5.41) is 19.2. The number of rotatable bonds is 2. The highest BCUT2D eigenvalue weighted by Crippen LogP contribution is 2.33. The van der Waals surface area contributed by atoms with Gasteiger partial charge in [-0.3, -0.25) is 0 Å². The molecular weight excluding hydrogens is 264 g/mol. The molecule has 2 heterocycles. The summed E-state index contributed by atoms with van der Waals surface area (Å²) < 4.78 is 10.8. The van der Waals surface area contributed by atoms with Gasteiger partial charge in [-0.25, -0.2) is 9.59 Å². The Bertz CT molecular complexity index is 806. The van der Waals surface area contributed by atoms with Crippen molar-refractivity contribution in [2.75, 3.05) is 0 Å². The molecule has 0 fully saturated rings. The van der Waals surface area contributed by atoms with Gasteiger partial charge in [-0.05, 0) is 26.0 Å². The van der Waals surface area contributed by atoms with Gasteiger partial charge in [0.1, 0.15) is 33.8 Å². The van der Waals surface area contributed by atoms with Crippen molar-refractivity contribution in [1.29, 1.82) is 0 Å². The van der Waals surface area contributed by atoms with E-state index in [1.165, 1.54) is 12.1 Å². The quantitative estimate of drug-likeness (QED) is 0.744. The highest BCUT2D eigenvalue weighted by Gasteiger charge is 2.22. The number of aryl methyl sites for hydroxylation is 2. The Balaban J connectivity index is 2.46. The summed E-state index contributed by atoms with van der Waals surface area (Å²) in [6, 6.07) is 3.01. The number of fused-ring (bicyclic) bond motifs is 2. The molecule has 20 heavy (non-hydrogen) atoms. The molecule has 0 saturated heterocycles. The van der Waals surface area contributed by atoms with Crippen molar-refractivity contribution >= 4 is 33.9 Å². The summed E-state index contributed by atoms with van der Waals surface area (Å²) in [5.41, 5.74) is 0.784. The first-order valence-electron chi connectivity index (χ1n) is 5.83. The lowest BCUT2D eigenvalue weighted by atomic mass is 10.1. The van der Waals surface area contributed by atoms with Gasteiger partial charge in [0.2, 0.25) is 0 Å². The van der Waals surface area contributed by atoms with E-state index < -0.39 is 11.9 Å². The van der Waals surface area contributed by atoms with E-state index in [1.807, 2.05) is 0 Å².